The third kappa shape index (κ3) is 5.44. The SMILES string of the molecule is COC[C@@H]1CCCN1C[Si](C)(C)[C@@H](CC1(O)CCCCC1)c1ccccc1. The average Bonchev–Trinajstić information content (AvgIpc) is 3.07. The summed E-state index contributed by atoms with van der Waals surface area (Å²) in [5, 5.41) is 11.4. The van der Waals surface area contributed by atoms with Crippen LogP contribution in [0.15, 0.2) is 30.3 Å². The molecule has 0 radical (unpaired) electrons. The summed E-state index contributed by atoms with van der Waals surface area (Å²) in [6, 6.07) is 11.6. The highest BCUT2D eigenvalue weighted by atomic mass is 28.3. The lowest BCUT2D eigenvalue weighted by molar-refractivity contribution is -0.00548. The molecule has 1 aliphatic heterocycles. The van der Waals surface area contributed by atoms with Crippen molar-refractivity contribution in [1.82, 2.24) is 4.90 Å². The molecule has 1 aliphatic carbocycles. The summed E-state index contributed by atoms with van der Waals surface area (Å²) in [7, 11) is 0.194. The Bertz CT molecular complexity index is 571. The second-order valence-electron chi connectivity index (χ2n) is 9.66. The predicted octanol–water partition coefficient (Wildman–Crippen LogP) is 4.75. The number of ether oxygens (including phenoxy) is 1. The first-order valence-corrected chi connectivity index (χ1v) is 14.2. The number of methoxy groups -OCH3 is 1. The van der Waals surface area contributed by atoms with Crippen molar-refractivity contribution in [3.8, 4) is 0 Å². The molecule has 1 heterocycles. The summed E-state index contributed by atoms with van der Waals surface area (Å²) in [4.78, 5) is 2.69. The zero-order valence-corrected chi connectivity index (χ0v) is 18.6. The van der Waals surface area contributed by atoms with Crippen LogP contribution in [0.2, 0.25) is 13.1 Å². The van der Waals surface area contributed by atoms with Gasteiger partial charge in [-0.2, -0.15) is 0 Å². The van der Waals surface area contributed by atoms with Crippen LogP contribution in [0.3, 0.4) is 0 Å². The molecular formula is C23H39NO2Si. The number of rotatable bonds is 8. The molecule has 2 fully saturated rings. The van der Waals surface area contributed by atoms with Crippen molar-refractivity contribution in [2.75, 3.05) is 26.4 Å². The zero-order valence-electron chi connectivity index (χ0n) is 17.6. The fourth-order valence-electron chi connectivity index (χ4n) is 5.44. The van der Waals surface area contributed by atoms with Gasteiger partial charge < -0.3 is 14.7 Å². The van der Waals surface area contributed by atoms with Gasteiger partial charge in [0.25, 0.3) is 0 Å². The molecule has 0 amide bonds. The van der Waals surface area contributed by atoms with Gasteiger partial charge in [0.2, 0.25) is 0 Å². The van der Waals surface area contributed by atoms with Crippen LogP contribution in [0.5, 0.6) is 0 Å². The van der Waals surface area contributed by atoms with Crippen LogP contribution in [0.4, 0.5) is 0 Å². The van der Waals surface area contributed by atoms with Gasteiger partial charge in [-0.25, -0.2) is 0 Å². The highest BCUT2D eigenvalue weighted by molar-refractivity contribution is 6.79. The molecule has 0 aromatic heterocycles. The molecular weight excluding hydrogens is 350 g/mol. The zero-order chi connectivity index (χ0) is 19.3. The van der Waals surface area contributed by atoms with E-state index in [9.17, 15) is 5.11 Å². The molecule has 2 aliphatic rings. The summed E-state index contributed by atoms with van der Waals surface area (Å²) in [5.74, 6) is 0. The Morgan fingerprint density at radius 2 is 1.85 bits per heavy atom. The van der Waals surface area contributed by atoms with E-state index in [1.54, 1.807) is 0 Å². The van der Waals surface area contributed by atoms with E-state index in [-0.39, 0.29) is 0 Å². The van der Waals surface area contributed by atoms with E-state index in [1.807, 2.05) is 7.11 Å². The lowest BCUT2D eigenvalue weighted by atomic mass is 9.80. The molecule has 0 spiro atoms. The molecule has 1 aromatic rings. The second-order valence-corrected chi connectivity index (χ2v) is 14.7. The van der Waals surface area contributed by atoms with Gasteiger partial charge in [-0.05, 0) is 55.9 Å². The molecule has 152 valence electrons. The molecule has 0 bridgehead atoms. The standard InChI is InChI=1S/C23H39NO2Si/c1-26-18-21-13-10-16-24(21)19-27(2,3)22(20-11-6-4-7-12-20)17-23(25)14-8-5-9-15-23/h4,6-7,11-12,21-22,25H,5,8-10,13-19H2,1-3H3/t21-,22-/m0/s1. The van der Waals surface area contributed by atoms with Gasteiger partial charge in [0.15, 0.2) is 0 Å². The number of benzene rings is 1. The largest absolute Gasteiger partial charge is 0.390 e. The van der Waals surface area contributed by atoms with Crippen molar-refractivity contribution in [2.45, 2.75) is 81.6 Å². The molecule has 1 saturated carbocycles. The van der Waals surface area contributed by atoms with Gasteiger partial charge in [-0.1, -0.05) is 62.7 Å². The fourth-order valence-corrected chi connectivity index (χ4v) is 9.15. The molecule has 1 N–H and O–H groups in total. The Morgan fingerprint density at radius 1 is 1.15 bits per heavy atom. The predicted molar refractivity (Wildman–Crippen MR) is 116 cm³/mol. The number of nitrogens with zero attached hydrogens (tertiary/aromatic N) is 1. The number of aliphatic hydroxyl groups is 1. The topological polar surface area (TPSA) is 32.7 Å². The number of likely N-dealkylation sites (tertiary alicyclic amines) is 1. The monoisotopic (exact) mass is 389 g/mol. The molecule has 2 atom stereocenters. The van der Waals surface area contributed by atoms with Crippen molar-refractivity contribution < 1.29 is 9.84 Å². The molecule has 0 unspecified atom stereocenters. The Kier molecular flexibility index (Phi) is 7.18. The van der Waals surface area contributed by atoms with E-state index in [2.05, 4.69) is 48.3 Å². The van der Waals surface area contributed by atoms with E-state index in [4.69, 9.17) is 4.74 Å². The molecule has 4 heteroatoms. The summed E-state index contributed by atoms with van der Waals surface area (Å²) >= 11 is 0. The third-order valence-corrected chi connectivity index (χ3v) is 10.6. The maximum absolute atomic E-state index is 11.4. The van der Waals surface area contributed by atoms with Crippen molar-refractivity contribution in [3.63, 3.8) is 0 Å². The van der Waals surface area contributed by atoms with Crippen LogP contribution in [0, 0.1) is 0 Å². The van der Waals surface area contributed by atoms with Crippen LogP contribution in [-0.2, 0) is 4.74 Å². The normalized spacial score (nSPS) is 24.8. The number of hydrogen-bond donors (Lipinski definition) is 1. The van der Waals surface area contributed by atoms with Crippen molar-refractivity contribution in [1.29, 1.82) is 0 Å². The van der Waals surface area contributed by atoms with E-state index in [0.29, 0.717) is 11.6 Å². The third-order valence-electron chi connectivity index (χ3n) is 6.98. The van der Waals surface area contributed by atoms with E-state index >= 15 is 0 Å². The average molecular weight is 390 g/mol. The van der Waals surface area contributed by atoms with Crippen LogP contribution in [0.1, 0.15) is 62.5 Å². The lowest BCUT2D eigenvalue weighted by Gasteiger charge is -2.43. The molecule has 3 rings (SSSR count). The van der Waals surface area contributed by atoms with Crippen molar-refractivity contribution in [3.05, 3.63) is 35.9 Å². The lowest BCUT2D eigenvalue weighted by Crippen LogP contribution is -2.51. The minimum Gasteiger partial charge on any atom is -0.390 e. The van der Waals surface area contributed by atoms with Gasteiger partial charge in [0.1, 0.15) is 0 Å². The summed E-state index contributed by atoms with van der Waals surface area (Å²) in [6.45, 7) is 7.14. The summed E-state index contributed by atoms with van der Waals surface area (Å²) in [6.07, 6.45) is 10.3. The Morgan fingerprint density at radius 3 is 2.52 bits per heavy atom. The highest BCUT2D eigenvalue weighted by Crippen LogP contribution is 2.41. The van der Waals surface area contributed by atoms with Crippen LogP contribution in [-0.4, -0.2) is 56.2 Å². The minimum atomic E-state index is -1.63. The van der Waals surface area contributed by atoms with Crippen LogP contribution in [0.25, 0.3) is 0 Å². The summed E-state index contributed by atoms with van der Waals surface area (Å²) < 4.78 is 5.49. The van der Waals surface area contributed by atoms with Crippen LogP contribution >= 0.6 is 0 Å². The maximum Gasteiger partial charge on any atom is 0.0705 e. The molecule has 1 saturated heterocycles. The van der Waals surface area contributed by atoms with Gasteiger partial charge in [0, 0.05) is 13.2 Å². The molecule has 1 aromatic carbocycles. The smallest absolute Gasteiger partial charge is 0.0705 e. The quantitative estimate of drug-likeness (QED) is 0.651. The van der Waals surface area contributed by atoms with Gasteiger partial charge in [0.05, 0.1) is 20.3 Å². The molecule has 3 nitrogen and oxygen atoms in total. The first-order valence-electron chi connectivity index (χ1n) is 10.9. The van der Waals surface area contributed by atoms with E-state index < -0.39 is 13.7 Å². The Labute approximate surface area is 167 Å². The first-order chi connectivity index (χ1) is 12.9. The highest BCUT2D eigenvalue weighted by Gasteiger charge is 2.42. The Balaban J connectivity index is 1.80. The maximum atomic E-state index is 11.4. The van der Waals surface area contributed by atoms with Gasteiger partial charge in [-0.3, -0.25) is 0 Å². The summed E-state index contributed by atoms with van der Waals surface area (Å²) in [5.41, 5.74) is 1.49. The van der Waals surface area contributed by atoms with Crippen molar-refractivity contribution in [2.24, 2.45) is 0 Å². The van der Waals surface area contributed by atoms with Crippen molar-refractivity contribution >= 4 is 8.07 Å². The van der Waals surface area contributed by atoms with Gasteiger partial charge in [-0.15, -0.1) is 0 Å². The van der Waals surface area contributed by atoms with E-state index in [1.165, 1.54) is 50.4 Å². The van der Waals surface area contributed by atoms with Crippen LogP contribution < -0.4 is 0 Å². The first kappa shape index (κ1) is 21.0. The van der Waals surface area contributed by atoms with E-state index in [0.717, 1.165) is 25.9 Å². The minimum absolute atomic E-state index is 0.458. The fraction of sp³-hybridized carbons (Fsp3) is 0.739. The Hall–Kier alpha value is -0.683. The second kappa shape index (κ2) is 9.21. The molecule has 27 heavy (non-hydrogen) atoms. The number of hydrogen-bond acceptors (Lipinski definition) is 3. The van der Waals surface area contributed by atoms with Gasteiger partial charge >= 0.3 is 0 Å².